The van der Waals surface area contributed by atoms with Crippen molar-refractivity contribution in [3.63, 3.8) is 0 Å². The third-order valence-electron chi connectivity index (χ3n) is 3.57. The molecule has 5 heteroatoms. The SMILES string of the molecule is COc1cccc(C(=O)O)c1OC1CCCCC1C#N. The molecule has 0 aromatic heterocycles. The van der Waals surface area contributed by atoms with Crippen LogP contribution < -0.4 is 9.47 Å². The van der Waals surface area contributed by atoms with Crippen LogP contribution in [0, 0.1) is 17.2 Å². The highest BCUT2D eigenvalue weighted by molar-refractivity contribution is 5.92. The smallest absolute Gasteiger partial charge is 0.339 e. The maximum absolute atomic E-state index is 11.3. The lowest BCUT2D eigenvalue weighted by Gasteiger charge is -2.28. The van der Waals surface area contributed by atoms with Gasteiger partial charge in [-0.25, -0.2) is 4.79 Å². The van der Waals surface area contributed by atoms with E-state index in [0.717, 1.165) is 25.7 Å². The molecule has 1 aromatic carbocycles. The lowest BCUT2D eigenvalue weighted by Crippen LogP contribution is -2.30. The predicted molar refractivity (Wildman–Crippen MR) is 71.9 cm³/mol. The molecule has 2 unspecified atom stereocenters. The Morgan fingerprint density at radius 1 is 1.40 bits per heavy atom. The van der Waals surface area contributed by atoms with Crippen LogP contribution in [0.3, 0.4) is 0 Å². The van der Waals surface area contributed by atoms with Gasteiger partial charge in [-0.2, -0.15) is 5.26 Å². The van der Waals surface area contributed by atoms with Crippen molar-refractivity contribution in [3.8, 4) is 17.6 Å². The number of rotatable bonds is 4. The summed E-state index contributed by atoms with van der Waals surface area (Å²) in [5, 5.41) is 18.4. The number of carbonyl (C=O) groups is 1. The van der Waals surface area contributed by atoms with Crippen LogP contribution in [0.5, 0.6) is 11.5 Å². The number of hydrogen-bond acceptors (Lipinski definition) is 4. The first-order valence-electron chi connectivity index (χ1n) is 6.64. The highest BCUT2D eigenvalue weighted by Gasteiger charge is 2.29. The minimum Gasteiger partial charge on any atom is -0.493 e. The second-order valence-electron chi connectivity index (χ2n) is 4.82. The quantitative estimate of drug-likeness (QED) is 0.914. The normalized spacial score (nSPS) is 21.8. The summed E-state index contributed by atoms with van der Waals surface area (Å²) in [4.78, 5) is 11.3. The maximum Gasteiger partial charge on any atom is 0.339 e. The average molecular weight is 275 g/mol. The average Bonchev–Trinajstić information content (AvgIpc) is 2.47. The fraction of sp³-hybridized carbons (Fsp3) is 0.467. The van der Waals surface area contributed by atoms with Gasteiger partial charge in [-0.1, -0.05) is 12.5 Å². The Labute approximate surface area is 117 Å². The van der Waals surface area contributed by atoms with Gasteiger partial charge < -0.3 is 14.6 Å². The number of nitriles is 1. The predicted octanol–water partition coefficient (Wildman–Crippen LogP) is 2.85. The van der Waals surface area contributed by atoms with Crippen LogP contribution in [0.4, 0.5) is 0 Å². The number of ether oxygens (including phenoxy) is 2. The summed E-state index contributed by atoms with van der Waals surface area (Å²) >= 11 is 0. The van der Waals surface area contributed by atoms with Crippen LogP contribution in [0.15, 0.2) is 18.2 Å². The van der Waals surface area contributed by atoms with Crippen molar-refractivity contribution in [2.45, 2.75) is 31.8 Å². The summed E-state index contributed by atoms with van der Waals surface area (Å²) in [6, 6.07) is 6.99. The molecule has 0 bridgehead atoms. The first kappa shape index (κ1) is 14.2. The molecule has 106 valence electrons. The van der Waals surface area contributed by atoms with Crippen molar-refractivity contribution < 1.29 is 19.4 Å². The van der Waals surface area contributed by atoms with E-state index in [-0.39, 0.29) is 23.3 Å². The van der Waals surface area contributed by atoms with Crippen molar-refractivity contribution >= 4 is 5.97 Å². The molecule has 0 radical (unpaired) electrons. The van der Waals surface area contributed by atoms with E-state index in [1.807, 2.05) is 0 Å². The molecule has 1 saturated carbocycles. The number of carboxylic acid groups (broad SMARTS) is 1. The summed E-state index contributed by atoms with van der Waals surface area (Å²) in [5.74, 6) is -0.666. The monoisotopic (exact) mass is 275 g/mol. The van der Waals surface area contributed by atoms with Gasteiger partial charge in [-0.3, -0.25) is 0 Å². The third kappa shape index (κ3) is 2.85. The van der Waals surface area contributed by atoms with Crippen molar-refractivity contribution in [3.05, 3.63) is 23.8 Å². The molecule has 0 aliphatic heterocycles. The molecule has 1 aliphatic carbocycles. The van der Waals surface area contributed by atoms with Gasteiger partial charge in [-0.05, 0) is 31.4 Å². The first-order chi connectivity index (χ1) is 9.67. The highest BCUT2D eigenvalue weighted by atomic mass is 16.5. The molecular formula is C15H17NO4. The molecule has 0 saturated heterocycles. The molecule has 0 amide bonds. The Morgan fingerprint density at radius 3 is 2.80 bits per heavy atom. The molecule has 1 fully saturated rings. The van der Waals surface area contributed by atoms with Crippen LogP contribution in [-0.4, -0.2) is 24.3 Å². The van der Waals surface area contributed by atoms with Crippen molar-refractivity contribution in [1.29, 1.82) is 5.26 Å². The van der Waals surface area contributed by atoms with Crippen LogP contribution in [0.1, 0.15) is 36.0 Å². The second kappa shape index (κ2) is 6.29. The standard InChI is InChI=1S/C15H17NO4/c1-19-13-8-4-6-11(15(17)18)14(13)20-12-7-3-2-5-10(12)9-16/h4,6,8,10,12H,2-3,5,7H2,1H3,(H,17,18). The molecule has 2 atom stereocenters. The van der Waals surface area contributed by atoms with Crippen LogP contribution in [0.2, 0.25) is 0 Å². The van der Waals surface area contributed by atoms with E-state index in [0.29, 0.717) is 5.75 Å². The van der Waals surface area contributed by atoms with E-state index in [4.69, 9.17) is 14.7 Å². The molecular weight excluding hydrogens is 258 g/mol. The molecule has 1 aromatic rings. The highest BCUT2D eigenvalue weighted by Crippen LogP contribution is 2.35. The molecule has 2 rings (SSSR count). The molecule has 1 N–H and O–H groups in total. The van der Waals surface area contributed by atoms with Gasteiger partial charge in [0.15, 0.2) is 11.5 Å². The summed E-state index contributed by atoms with van der Waals surface area (Å²) in [6.45, 7) is 0. The van der Waals surface area contributed by atoms with E-state index < -0.39 is 5.97 Å². The first-order valence-corrected chi connectivity index (χ1v) is 6.64. The minimum absolute atomic E-state index is 0.0617. The lowest BCUT2D eigenvalue weighted by atomic mass is 9.87. The molecule has 5 nitrogen and oxygen atoms in total. The number of carboxylic acids is 1. The minimum atomic E-state index is -1.07. The summed E-state index contributed by atoms with van der Waals surface area (Å²) < 4.78 is 11.0. The Morgan fingerprint density at radius 2 is 2.15 bits per heavy atom. The zero-order valence-electron chi connectivity index (χ0n) is 11.3. The van der Waals surface area contributed by atoms with Gasteiger partial charge >= 0.3 is 5.97 Å². The van der Waals surface area contributed by atoms with E-state index in [1.165, 1.54) is 13.2 Å². The van der Waals surface area contributed by atoms with Gasteiger partial charge in [-0.15, -0.1) is 0 Å². The fourth-order valence-corrected chi connectivity index (χ4v) is 2.50. The van der Waals surface area contributed by atoms with Crippen LogP contribution in [-0.2, 0) is 0 Å². The number of nitrogens with zero attached hydrogens (tertiary/aromatic N) is 1. The number of benzene rings is 1. The zero-order valence-corrected chi connectivity index (χ0v) is 11.3. The van der Waals surface area contributed by atoms with Gasteiger partial charge in [0.2, 0.25) is 0 Å². The van der Waals surface area contributed by atoms with Crippen molar-refractivity contribution in [2.75, 3.05) is 7.11 Å². The van der Waals surface area contributed by atoms with Gasteiger partial charge in [0.1, 0.15) is 11.7 Å². The lowest BCUT2D eigenvalue weighted by molar-refractivity contribution is 0.0677. The van der Waals surface area contributed by atoms with Gasteiger partial charge in [0, 0.05) is 0 Å². The maximum atomic E-state index is 11.3. The number of hydrogen-bond donors (Lipinski definition) is 1. The Bertz CT molecular complexity index is 535. The number of para-hydroxylation sites is 1. The second-order valence-corrected chi connectivity index (χ2v) is 4.82. The largest absolute Gasteiger partial charge is 0.493 e. The Hall–Kier alpha value is -2.22. The molecule has 0 spiro atoms. The Kier molecular flexibility index (Phi) is 4.46. The van der Waals surface area contributed by atoms with E-state index in [1.54, 1.807) is 12.1 Å². The Balaban J connectivity index is 2.31. The van der Waals surface area contributed by atoms with E-state index >= 15 is 0 Å². The molecule has 1 aliphatic rings. The summed E-state index contributed by atoms with van der Waals surface area (Å²) in [7, 11) is 1.47. The van der Waals surface area contributed by atoms with Crippen LogP contribution >= 0.6 is 0 Å². The third-order valence-corrected chi connectivity index (χ3v) is 3.57. The van der Waals surface area contributed by atoms with E-state index in [2.05, 4.69) is 6.07 Å². The molecule has 0 heterocycles. The molecule has 20 heavy (non-hydrogen) atoms. The van der Waals surface area contributed by atoms with Crippen molar-refractivity contribution in [2.24, 2.45) is 5.92 Å². The number of methoxy groups -OCH3 is 1. The van der Waals surface area contributed by atoms with Crippen LogP contribution in [0.25, 0.3) is 0 Å². The number of aromatic carboxylic acids is 1. The topological polar surface area (TPSA) is 79.6 Å². The van der Waals surface area contributed by atoms with Gasteiger partial charge in [0.05, 0.1) is 19.1 Å². The summed E-state index contributed by atoms with van der Waals surface area (Å²) in [6.07, 6.45) is 3.27. The zero-order chi connectivity index (χ0) is 14.5. The van der Waals surface area contributed by atoms with Crippen molar-refractivity contribution in [1.82, 2.24) is 0 Å². The fourth-order valence-electron chi connectivity index (χ4n) is 2.50. The van der Waals surface area contributed by atoms with E-state index in [9.17, 15) is 9.90 Å². The summed E-state index contributed by atoms with van der Waals surface area (Å²) in [5.41, 5.74) is 0.0617. The van der Waals surface area contributed by atoms with Gasteiger partial charge in [0.25, 0.3) is 0 Å².